The molecule has 1 aromatic rings. The summed E-state index contributed by atoms with van der Waals surface area (Å²) in [7, 11) is -2.93. The molecular weight excluding hydrogens is 264 g/mol. The van der Waals surface area contributed by atoms with Gasteiger partial charge in [-0.1, -0.05) is 6.92 Å². The van der Waals surface area contributed by atoms with E-state index in [2.05, 4.69) is 9.97 Å². The van der Waals surface area contributed by atoms with Crippen molar-refractivity contribution < 1.29 is 8.42 Å². The highest BCUT2D eigenvalue weighted by Gasteiger charge is 2.30. The average Bonchev–Trinajstić information content (AvgIpc) is 2.32. The minimum atomic E-state index is -2.93. The number of nitrogens with two attached hydrogens (primary N) is 1. The average molecular weight is 284 g/mol. The van der Waals surface area contributed by atoms with Crippen molar-refractivity contribution in [2.75, 3.05) is 28.7 Å². The third-order valence-corrected chi connectivity index (χ3v) is 5.26. The summed E-state index contributed by atoms with van der Waals surface area (Å²) >= 11 is 0. The van der Waals surface area contributed by atoms with E-state index in [4.69, 9.17) is 5.73 Å². The van der Waals surface area contributed by atoms with E-state index >= 15 is 0 Å². The Bertz CT molecular complexity index is 586. The molecule has 0 bridgehead atoms. The summed E-state index contributed by atoms with van der Waals surface area (Å²) in [5.41, 5.74) is 6.73. The first kappa shape index (κ1) is 14.0. The summed E-state index contributed by atoms with van der Waals surface area (Å²) in [6.07, 6.45) is 0.706. The van der Waals surface area contributed by atoms with Gasteiger partial charge in [0.15, 0.2) is 9.84 Å². The zero-order valence-corrected chi connectivity index (χ0v) is 12.4. The van der Waals surface area contributed by atoms with Gasteiger partial charge in [0.1, 0.15) is 17.5 Å². The number of hydrogen-bond donors (Lipinski definition) is 1. The van der Waals surface area contributed by atoms with Crippen molar-refractivity contribution in [3.05, 3.63) is 11.4 Å². The molecule has 1 aliphatic rings. The maximum atomic E-state index is 11.6. The van der Waals surface area contributed by atoms with Crippen LogP contribution in [0.3, 0.4) is 0 Å². The number of anilines is 2. The molecule has 1 saturated heterocycles. The van der Waals surface area contributed by atoms with Crippen molar-refractivity contribution >= 4 is 21.5 Å². The van der Waals surface area contributed by atoms with Gasteiger partial charge in [-0.05, 0) is 13.8 Å². The predicted octanol–water partition coefficient (Wildman–Crippen LogP) is 0.553. The van der Waals surface area contributed by atoms with Crippen LogP contribution >= 0.6 is 0 Å². The van der Waals surface area contributed by atoms with Crippen molar-refractivity contribution in [3.8, 4) is 0 Å². The molecule has 0 amide bonds. The Labute approximate surface area is 114 Å². The van der Waals surface area contributed by atoms with Gasteiger partial charge in [0.2, 0.25) is 0 Å². The molecule has 106 valence electrons. The number of sulfone groups is 1. The lowest BCUT2D eigenvalue weighted by atomic mass is 10.2. The summed E-state index contributed by atoms with van der Waals surface area (Å²) in [6, 6.07) is -0.0866. The zero-order chi connectivity index (χ0) is 14.2. The molecule has 2 rings (SSSR count). The van der Waals surface area contributed by atoms with Gasteiger partial charge in [0.25, 0.3) is 0 Å². The fourth-order valence-corrected chi connectivity index (χ4v) is 3.88. The highest BCUT2D eigenvalue weighted by Crippen LogP contribution is 2.26. The highest BCUT2D eigenvalue weighted by molar-refractivity contribution is 7.91. The van der Waals surface area contributed by atoms with Gasteiger partial charge in [-0.3, -0.25) is 0 Å². The standard InChI is InChI=1S/C12H20N4O2S/c1-4-10-14-11(13)9(3)12(15-10)16-5-6-19(17,18)7-8(16)2/h8H,4-7H2,1-3H3,(H2,13,14,15). The molecule has 2 heterocycles. The molecule has 0 radical (unpaired) electrons. The molecule has 1 aromatic heterocycles. The smallest absolute Gasteiger partial charge is 0.154 e. The van der Waals surface area contributed by atoms with Gasteiger partial charge in [-0.25, -0.2) is 18.4 Å². The lowest BCUT2D eigenvalue weighted by Crippen LogP contribution is -2.47. The van der Waals surface area contributed by atoms with E-state index in [1.54, 1.807) is 0 Å². The second-order valence-electron chi connectivity index (χ2n) is 4.98. The van der Waals surface area contributed by atoms with Crippen LogP contribution in [0.15, 0.2) is 0 Å². The number of rotatable bonds is 2. The van der Waals surface area contributed by atoms with E-state index in [0.717, 1.165) is 11.4 Å². The highest BCUT2D eigenvalue weighted by atomic mass is 32.2. The monoisotopic (exact) mass is 284 g/mol. The first-order chi connectivity index (χ1) is 8.84. The van der Waals surface area contributed by atoms with E-state index in [1.165, 1.54) is 0 Å². The van der Waals surface area contributed by atoms with Crippen LogP contribution < -0.4 is 10.6 Å². The van der Waals surface area contributed by atoms with Crippen molar-refractivity contribution in [3.63, 3.8) is 0 Å². The van der Waals surface area contributed by atoms with Crippen LogP contribution in [-0.4, -0.2) is 42.5 Å². The fourth-order valence-electron chi connectivity index (χ4n) is 2.32. The summed E-state index contributed by atoms with van der Waals surface area (Å²) in [4.78, 5) is 10.8. The zero-order valence-electron chi connectivity index (χ0n) is 11.5. The number of nitrogens with zero attached hydrogens (tertiary/aromatic N) is 3. The topological polar surface area (TPSA) is 89.2 Å². The van der Waals surface area contributed by atoms with Crippen LogP contribution in [0.4, 0.5) is 11.6 Å². The molecule has 19 heavy (non-hydrogen) atoms. The Morgan fingerprint density at radius 1 is 1.42 bits per heavy atom. The fraction of sp³-hybridized carbons (Fsp3) is 0.667. The molecule has 1 aliphatic heterocycles. The third-order valence-electron chi connectivity index (χ3n) is 3.46. The number of nitrogen functional groups attached to an aromatic ring is 1. The number of aromatic nitrogens is 2. The van der Waals surface area contributed by atoms with Crippen LogP contribution in [0.25, 0.3) is 0 Å². The van der Waals surface area contributed by atoms with E-state index in [0.29, 0.717) is 24.6 Å². The van der Waals surface area contributed by atoms with E-state index < -0.39 is 9.84 Å². The van der Waals surface area contributed by atoms with Crippen LogP contribution in [-0.2, 0) is 16.3 Å². The summed E-state index contributed by atoms with van der Waals surface area (Å²) in [5.74, 6) is 2.27. The first-order valence-corrected chi connectivity index (χ1v) is 8.26. The molecule has 1 fully saturated rings. The van der Waals surface area contributed by atoms with Crippen molar-refractivity contribution in [1.29, 1.82) is 0 Å². The Balaban J connectivity index is 2.39. The normalized spacial score (nSPS) is 22.5. The Hall–Kier alpha value is -1.37. The quantitative estimate of drug-likeness (QED) is 0.853. The largest absolute Gasteiger partial charge is 0.383 e. The maximum Gasteiger partial charge on any atom is 0.154 e. The van der Waals surface area contributed by atoms with Gasteiger partial charge in [-0.2, -0.15) is 0 Å². The summed E-state index contributed by atoms with van der Waals surface area (Å²) in [6.45, 7) is 6.21. The number of aryl methyl sites for hydroxylation is 1. The minimum absolute atomic E-state index is 0.0866. The molecule has 6 nitrogen and oxygen atoms in total. The molecular formula is C12H20N4O2S. The van der Waals surface area contributed by atoms with E-state index in [-0.39, 0.29) is 17.5 Å². The van der Waals surface area contributed by atoms with E-state index in [1.807, 2.05) is 25.7 Å². The van der Waals surface area contributed by atoms with Crippen LogP contribution in [0.5, 0.6) is 0 Å². The van der Waals surface area contributed by atoms with Crippen LogP contribution in [0.1, 0.15) is 25.2 Å². The molecule has 7 heteroatoms. The maximum absolute atomic E-state index is 11.6. The van der Waals surface area contributed by atoms with Gasteiger partial charge in [-0.15, -0.1) is 0 Å². The lowest BCUT2D eigenvalue weighted by molar-refractivity contribution is 0.566. The second-order valence-corrected chi connectivity index (χ2v) is 7.21. The second kappa shape index (κ2) is 4.96. The molecule has 1 unspecified atom stereocenters. The van der Waals surface area contributed by atoms with Crippen LogP contribution in [0.2, 0.25) is 0 Å². The third kappa shape index (κ3) is 2.80. The lowest BCUT2D eigenvalue weighted by Gasteiger charge is -2.35. The van der Waals surface area contributed by atoms with E-state index in [9.17, 15) is 8.42 Å². The molecule has 2 N–H and O–H groups in total. The Kier molecular flexibility index (Phi) is 3.66. The van der Waals surface area contributed by atoms with Gasteiger partial charge in [0.05, 0.1) is 11.5 Å². The summed E-state index contributed by atoms with van der Waals surface area (Å²) < 4.78 is 23.3. The van der Waals surface area contributed by atoms with Crippen LogP contribution in [0, 0.1) is 6.92 Å². The predicted molar refractivity (Wildman–Crippen MR) is 76.0 cm³/mol. The van der Waals surface area contributed by atoms with Crippen molar-refractivity contribution in [2.24, 2.45) is 0 Å². The molecule has 0 saturated carbocycles. The Morgan fingerprint density at radius 3 is 2.68 bits per heavy atom. The molecule has 0 aromatic carbocycles. The number of hydrogen-bond acceptors (Lipinski definition) is 6. The van der Waals surface area contributed by atoms with Crippen molar-refractivity contribution in [2.45, 2.75) is 33.2 Å². The summed E-state index contributed by atoms with van der Waals surface area (Å²) in [5, 5.41) is 0. The first-order valence-electron chi connectivity index (χ1n) is 6.44. The molecule has 0 spiro atoms. The van der Waals surface area contributed by atoms with Crippen molar-refractivity contribution in [1.82, 2.24) is 9.97 Å². The molecule has 1 atom stereocenters. The van der Waals surface area contributed by atoms with Gasteiger partial charge < -0.3 is 10.6 Å². The van der Waals surface area contributed by atoms with Gasteiger partial charge >= 0.3 is 0 Å². The Morgan fingerprint density at radius 2 is 2.11 bits per heavy atom. The SMILES string of the molecule is CCc1nc(N)c(C)c(N2CCS(=O)(=O)CC2C)n1. The van der Waals surface area contributed by atoms with Gasteiger partial charge in [0, 0.05) is 24.6 Å². The minimum Gasteiger partial charge on any atom is -0.383 e. The molecule has 0 aliphatic carbocycles.